The van der Waals surface area contributed by atoms with Gasteiger partial charge in [0.05, 0.1) is 27.4 Å². The van der Waals surface area contributed by atoms with Crippen molar-refractivity contribution in [3.05, 3.63) is 113 Å². The van der Waals surface area contributed by atoms with Gasteiger partial charge in [0, 0.05) is 29.8 Å². The van der Waals surface area contributed by atoms with Crippen LogP contribution in [-0.2, 0) is 27.1 Å². The zero-order valence-corrected chi connectivity index (χ0v) is 31.9. The smallest absolute Gasteiger partial charge is 0.411 e. The Morgan fingerprint density at radius 2 is 1.40 bits per heavy atom. The van der Waals surface area contributed by atoms with Gasteiger partial charge < -0.3 is 14.8 Å². The summed E-state index contributed by atoms with van der Waals surface area (Å²) in [5, 5.41) is 3.55. The molecule has 0 saturated heterocycles. The number of rotatable bonds is 3. The number of fused-ring (bicyclic) bond motifs is 2. The van der Waals surface area contributed by atoms with Crippen LogP contribution in [0.3, 0.4) is 0 Å². The van der Waals surface area contributed by atoms with Crippen LogP contribution in [-0.4, -0.2) is 42.3 Å². The lowest BCUT2D eigenvalue weighted by Crippen LogP contribution is -2.43. The number of hydrogen-bond donors (Lipinski definition) is 1. The molecule has 0 aliphatic carbocycles. The Kier molecular flexibility index (Phi) is 16.6. The molecule has 2 aromatic heterocycles. The predicted octanol–water partition coefficient (Wildman–Crippen LogP) is 10.3. The summed E-state index contributed by atoms with van der Waals surface area (Å²) in [6, 6.07) is 24.9. The fourth-order valence-electron chi connectivity index (χ4n) is 5.30. The van der Waals surface area contributed by atoms with Crippen molar-refractivity contribution in [2.24, 2.45) is 0 Å². The first-order valence-electron chi connectivity index (χ1n) is 15.0. The van der Waals surface area contributed by atoms with E-state index in [0.29, 0.717) is 19.2 Å². The molecule has 0 bridgehead atoms. The van der Waals surface area contributed by atoms with Crippen LogP contribution >= 0.6 is 70.7 Å². The number of carbonyl (C=O) groups excluding carboxylic acids is 2. The Balaban J connectivity index is 0.000000279. The van der Waals surface area contributed by atoms with Crippen molar-refractivity contribution in [1.29, 1.82) is 0 Å². The van der Waals surface area contributed by atoms with E-state index < -0.39 is 5.60 Å². The summed E-state index contributed by atoms with van der Waals surface area (Å²) in [6.07, 6.45) is 1.63. The third-order valence-electron chi connectivity index (χ3n) is 7.04. The second kappa shape index (κ2) is 19.0. The highest BCUT2D eigenvalue weighted by Crippen LogP contribution is 2.41. The van der Waals surface area contributed by atoms with E-state index in [4.69, 9.17) is 27.9 Å². The molecule has 0 fully saturated rings. The Morgan fingerprint density at radius 1 is 0.872 bits per heavy atom. The minimum absolute atomic E-state index is 0. The number of benzene rings is 2. The molecule has 6 rings (SSSR count). The van der Waals surface area contributed by atoms with Gasteiger partial charge in [-0.05, 0) is 74.9 Å². The molecule has 12 heteroatoms. The Hall–Kier alpha value is -2.30. The van der Waals surface area contributed by atoms with Crippen molar-refractivity contribution in [2.75, 3.05) is 19.7 Å². The van der Waals surface area contributed by atoms with E-state index in [-0.39, 0.29) is 42.9 Å². The van der Waals surface area contributed by atoms with E-state index >= 15 is 0 Å². The number of halogens is 4. The van der Waals surface area contributed by atoms with Crippen LogP contribution in [0.4, 0.5) is 4.79 Å². The molecular formula is C35H42Cl4N2O4S2. The number of esters is 1. The van der Waals surface area contributed by atoms with Crippen LogP contribution in [0.2, 0.25) is 8.67 Å². The molecule has 0 saturated carbocycles. The maximum Gasteiger partial charge on any atom is 0.411 e. The summed E-state index contributed by atoms with van der Waals surface area (Å²) < 4.78 is 11.7. The van der Waals surface area contributed by atoms with Crippen LogP contribution in [0.25, 0.3) is 0 Å². The van der Waals surface area contributed by atoms with E-state index in [9.17, 15) is 9.59 Å². The molecule has 4 aromatic rings. The second-order valence-electron chi connectivity index (χ2n) is 11.6. The van der Waals surface area contributed by atoms with Crippen LogP contribution in [0.15, 0.2) is 72.8 Å². The van der Waals surface area contributed by atoms with E-state index in [1.807, 2.05) is 68.1 Å². The molecule has 1 N–H and O–H groups in total. The fourth-order valence-corrected chi connectivity index (χ4v) is 7.92. The number of ether oxygens (including phenoxy) is 2. The van der Waals surface area contributed by atoms with Gasteiger partial charge in [-0.2, -0.15) is 0 Å². The first kappa shape index (κ1) is 40.9. The van der Waals surface area contributed by atoms with Gasteiger partial charge in [-0.3, -0.25) is 9.69 Å². The van der Waals surface area contributed by atoms with Gasteiger partial charge in [-0.1, -0.05) is 83.9 Å². The van der Waals surface area contributed by atoms with Crippen LogP contribution in [0.5, 0.6) is 0 Å². The third kappa shape index (κ3) is 11.7. The van der Waals surface area contributed by atoms with Gasteiger partial charge in [0.1, 0.15) is 5.60 Å². The van der Waals surface area contributed by atoms with Gasteiger partial charge in [0.15, 0.2) is 0 Å². The van der Waals surface area contributed by atoms with Gasteiger partial charge in [0.25, 0.3) is 0 Å². The molecule has 256 valence electrons. The molecule has 6 nitrogen and oxygen atoms in total. The second-order valence-corrected chi connectivity index (χ2v) is 15.1. The Bertz CT molecular complexity index is 1560. The molecule has 2 aliphatic rings. The zero-order chi connectivity index (χ0) is 32.6. The number of amides is 1. The summed E-state index contributed by atoms with van der Waals surface area (Å²) in [6.45, 7) is 11.0. The Morgan fingerprint density at radius 3 is 1.91 bits per heavy atom. The molecule has 4 heterocycles. The van der Waals surface area contributed by atoms with Crippen LogP contribution in [0, 0.1) is 0 Å². The molecule has 1 amide bonds. The predicted molar refractivity (Wildman–Crippen MR) is 200 cm³/mol. The average molecular weight is 761 g/mol. The molecule has 0 radical (unpaired) electrons. The molecule has 2 aliphatic heterocycles. The summed E-state index contributed by atoms with van der Waals surface area (Å²) in [4.78, 5) is 27.0. The summed E-state index contributed by atoms with van der Waals surface area (Å²) in [5.74, 6) is -0.211. The lowest BCUT2D eigenvalue weighted by atomic mass is 9.94. The van der Waals surface area contributed by atoms with Crippen LogP contribution in [0.1, 0.15) is 78.7 Å². The van der Waals surface area contributed by atoms with Gasteiger partial charge in [0.2, 0.25) is 0 Å². The standard InChI is InChI=1S/C18H20ClNO2S.C13H12ClNS.C4H8O2.2ClH/c1-18(2,3)22-17(21)20-10-9-14-13(11-15(19)23-14)16(20)12-7-5-4-6-8-12;14-12-8-10-11(16-12)6-7-15-13(10)9-4-2-1-3-5-9;1-3-6-4(2)5;;/h4-8,11,16H,9-10H2,1-3H3;1-5,8,13,15H,6-7H2;3H2,1-2H3;2*1H. The van der Waals surface area contributed by atoms with E-state index in [2.05, 4.69) is 40.4 Å². The normalized spacial score (nSPS) is 16.3. The minimum atomic E-state index is -0.509. The highest BCUT2D eigenvalue weighted by molar-refractivity contribution is 7.16. The van der Waals surface area contributed by atoms with E-state index in [1.54, 1.807) is 29.6 Å². The fraction of sp³-hybridized carbons (Fsp3) is 0.371. The highest BCUT2D eigenvalue weighted by atomic mass is 35.5. The largest absolute Gasteiger partial charge is 0.466 e. The third-order valence-corrected chi connectivity index (χ3v) is 9.72. The maximum atomic E-state index is 12.7. The van der Waals surface area contributed by atoms with Gasteiger partial charge >= 0.3 is 12.1 Å². The number of thiophene rings is 2. The van der Waals surface area contributed by atoms with Gasteiger partial charge in [-0.25, -0.2) is 4.79 Å². The number of nitrogens with zero attached hydrogens (tertiary/aromatic N) is 1. The SMILES string of the molecule is CC(C)(C)OC(=O)N1CCc2sc(Cl)cc2C1c1ccccc1.CCOC(C)=O.Cl.Cl.Clc1cc2c(s1)CCNC2c1ccccc1. The lowest BCUT2D eigenvalue weighted by Gasteiger charge is -2.37. The molecule has 47 heavy (non-hydrogen) atoms. The molecule has 2 unspecified atom stereocenters. The number of hydrogen-bond acceptors (Lipinski definition) is 7. The monoisotopic (exact) mass is 758 g/mol. The Labute approximate surface area is 308 Å². The van der Waals surface area contributed by atoms with Crippen molar-refractivity contribution in [3.8, 4) is 0 Å². The number of carbonyl (C=O) groups is 2. The van der Waals surface area contributed by atoms with Crippen molar-refractivity contribution in [1.82, 2.24) is 10.2 Å². The molecule has 0 spiro atoms. The van der Waals surface area contributed by atoms with Crippen molar-refractivity contribution < 1.29 is 19.1 Å². The first-order valence-corrected chi connectivity index (χ1v) is 17.4. The summed E-state index contributed by atoms with van der Waals surface area (Å²) >= 11 is 15.6. The summed E-state index contributed by atoms with van der Waals surface area (Å²) in [5.41, 5.74) is 4.35. The summed E-state index contributed by atoms with van der Waals surface area (Å²) in [7, 11) is 0. The van der Waals surface area contributed by atoms with Gasteiger partial charge in [-0.15, -0.1) is 47.5 Å². The van der Waals surface area contributed by atoms with E-state index in [1.165, 1.54) is 27.8 Å². The maximum absolute atomic E-state index is 12.7. The first-order chi connectivity index (χ1) is 21.5. The van der Waals surface area contributed by atoms with Crippen molar-refractivity contribution >= 4 is 82.8 Å². The number of nitrogens with one attached hydrogen (secondary N) is 1. The quantitative estimate of drug-likeness (QED) is 0.211. The molecular weight excluding hydrogens is 718 g/mol. The molecule has 2 aromatic carbocycles. The zero-order valence-electron chi connectivity index (χ0n) is 27.1. The topological polar surface area (TPSA) is 67.9 Å². The van der Waals surface area contributed by atoms with Crippen LogP contribution < -0.4 is 5.32 Å². The van der Waals surface area contributed by atoms with Crippen molar-refractivity contribution in [2.45, 2.75) is 65.1 Å². The highest BCUT2D eigenvalue weighted by Gasteiger charge is 2.35. The van der Waals surface area contributed by atoms with E-state index in [0.717, 1.165) is 39.2 Å². The lowest BCUT2D eigenvalue weighted by molar-refractivity contribution is -0.140. The average Bonchev–Trinajstić information content (AvgIpc) is 3.57. The van der Waals surface area contributed by atoms with Crippen molar-refractivity contribution in [3.63, 3.8) is 0 Å². The minimum Gasteiger partial charge on any atom is -0.466 e. The molecule has 2 atom stereocenters.